The molecule has 0 radical (unpaired) electrons. The van der Waals surface area contributed by atoms with Crippen LogP contribution in [0.5, 0.6) is 0 Å². The van der Waals surface area contributed by atoms with Gasteiger partial charge in [0.15, 0.2) is 0 Å². The first-order valence-electron chi connectivity index (χ1n) is 7.75. The van der Waals surface area contributed by atoms with Crippen LogP contribution in [0.25, 0.3) is 0 Å². The normalized spacial score (nSPS) is 34.4. The predicted molar refractivity (Wildman–Crippen MR) is 78.2 cm³/mol. The van der Waals surface area contributed by atoms with Gasteiger partial charge in [0.25, 0.3) is 0 Å². The minimum atomic E-state index is 0.163. The number of hydrogen-bond donors (Lipinski definition) is 1. The van der Waals surface area contributed by atoms with Gasteiger partial charge < -0.3 is 9.73 Å². The standard InChI is InChI=1S/C17H25NO2/c1-16(2)12-8-9-17(16,3)14(11-12)18-15(19)7-6-13-5-4-10-20-13/h4-5,10,12,14H,6-9,11H2,1-3H3,(H,18,19). The van der Waals surface area contributed by atoms with Gasteiger partial charge in [0.2, 0.25) is 5.91 Å². The molecule has 1 aromatic heterocycles. The minimum absolute atomic E-state index is 0.163. The van der Waals surface area contributed by atoms with Crippen molar-refractivity contribution in [3.8, 4) is 0 Å². The second-order valence-electron chi connectivity index (χ2n) is 7.31. The fraction of sp³-hybridized carbons (Fsp3) is 0.706. The molecule has 2 fully saturated rings. The second-order valence-corrected chi connectivity index (χ2v) is 7.31. The smallest absolute Gasteiger partial charge is 0.220 e. The molecule has 3 unspecified atom stereocenters. The van der Waals surface area contributed by atoms with E-state index in [-0.39, 0.29) is 11.3 Å². The van der Waals surface area contributed by atoms with Crippen LogP contribution in [0.15, 0.2) is 22.8 Å². The first-order valence-corrected chi connectivity index (χ1v) is 7.75. The van der Waals surface area contributed by atoms with Crippen molar-refractivity contribution in [1.82, 2.24) is 5.32 Å². The maximum Gasteiger partial charge on any atom is 0.220 e. The van der Waals surface area contributed by atoms with E-state index in [1.165, 1.54) is 12.8 Å². The van der Waals surface area contributed by atoms with E-state index < -0.39 is 0 Å². The molecule has 2 aliphatic rings. The number of rotatable bonds is 4. The van der Waals surface area contributed by atoms with Gasteiger partial charge in [-0.05, 0) is 48.1 Å². The lowest BCUT2D eigenvalue weighted by Gasteiger charge is -2.39. The molecule has 0 aromatic carbocycles. The first kappa shape index (κ1) is 13.7. The third kappa shape index (κ3) is 1.99. The molecule has 1 heterocycles. The van der Waals surface area contributed by atoms with Crippen LogP contribution in [0.2, 0.25) is 0 Å². The number of amides is 1. The number of nitrogens with one attached hydrogen (secondary N) is 1. The Morgan fingerprint density at radius 3 is 2.80 bits per heavy atom. The molecule has 1 N–H and O–H groups in total. The van der Waals surface area contributed by atoms with Gasteiger partial charge in [-0.25, -0.2) is 0 Å². The fourth-order valence-electron chi connectivity index (χ4n) is 4.38. The molecule has 110 valence electrons. The number of carbonyl (C=O) groups is 1. The van der Waals surface area contributed by atoms with Gasteiger partial charge in [0.1, 0.15) is 5.76 Å². The van der Waals surface area contributed by atoms with Crippen molar-refractivity contribution in [3.63, 3.8) is 0 Å². The molecule has 0 aliphatic heterocycles. The lowest BCUT2D eigenvalue weighted by atomic mass is 9.69. The van der Waals surface area contributed by atoms with E-state index in [1.807, 2.05) is 12.1 Å². The highest BCUT2D eigenvalue weighted by molar-refractivity contribution is 5.76. The van der Waals surface area contributed by atoms with Gasteiger partial charge in [0.05, 0.1) is 6.26 Å². The van der Waals surface area contributed by atoms with E-state index in [2.05, 4.69) is 26.1 Å². The Labute approximate surface area is 121 Å². The Kier molecular flexibility index (Phi) is 3.19. The van der Waals surface area contributed by atoms with Gasteiger partial charge >= 0.3 is 0 Å². The SMILES string of the molecule is CC1(C)C2CCC1(C)C(NC(=O)CCc1ccco1)C2. The summed E-state index contributed by atoms with van der Waals surface area (Å²) in [6, 6.07) is 4.14. The summed E-state index contributed by atoms with van der Waals surface area (Å²) in [7, 11) is 0. The predicted octanol–water partition coefficient (Wildman–Crippen LogP) is 3.54. The molecule has 3 rings (SSSR count). The topological polar surface area (TPSA) is 42.2 Å². The summed E-state index contributed by atoms with van der Waals surface area (Å²) < 4.78 is 5.28. The van der Waals surface area contributed by atoms with Crippen molar-refractivity contribution in [2.75, 3.05) is 0 Å². The second kappa shape index (κ2) is 4.64. The van der Waals surface area contributed by atoms with Gasteiger partial charge in [-0.3, -0.25) is 4.79 Å². The third-order valence-corrected chi connectivity index (χ3v) is 6.31. The Balaban J connectivity index is 1.58. The Bertz CT molecular complexity index is 491. The molecule has 20 heavy (non-hydrogen) atoms. The largest absolute Gasteiger partial charge is 0.469 e. The van der Waals surface area contributed by atoms with Crippen LogP contribution in [0.1, 0.15) is 52.2 Å². The van der Waals surface area contributed by atoms with Crippen molar-refractivity contribution in [2.24, 2.45) is 16.7 Å². The Morgan fingerprint density at radius 2 is 2.25 bits per heavy atom. The van der Waals surface area contributed by atoms with Crippen LogP contribution in [0, 0.1) is 16.7 Å². The monoisotopic (exact) mass is 275 g/mol. The highest BCUT2D eigenvalue weighted by Crippen LogP contribution is 2.65. The van der Waals surface area contributed by atoms with Gasteiger partial charge in [-0.15, -0.1) is 0 Å². The molecule has 3 nitrogen and oxygen atoms in total. The zero-order chi connectivity index (χ0) is 14.4. The van der Waals surface area contributed by atoms with E-state index in [1.54, 1.807) is 6.26 Å². The van der Waals surface area contributed by atoms with Crippen molar-refractivity contribution >= 4 is 5.91 Å². The number of carbonyl (C=O) groups excluding carboxylic acids is 1. The summed E-state index contributed by atoms with van der Waals surface area (Å²) in [6.45, 7) is 7.11. The summed E-state index contributed by atoms with van der Waals surface area (Å²) in [5, 5.41) is 3.29. The molecule has 3 atom stereocenters. The Hall–Kier alpha value is -1.25. The molecule has 1 amide bonds. The van der Waals surface area contributed by atoms with Gasteiger partial charge in [0, 0.05) is 18.9 Å². The van der Waals surface area contributed by atoms with E-state index in [0.29, 0.717) is 24.3 Å². The van der Waals surface area contributed by atoms with Crippen molar-refractivity contribution < 1.29 is 9.21 Å². The van der Waals surface area contributed by atoms with Crippen LogP contribution in [0.4, 0.5) is 0 Å². The highest BCUT2D eigenvalue weighted by Gasteiger charge is 2.61. The third-order valence-electron chi connectivity index (χ3n) is 6.31. The minimum Gasteiger partial charge on any atom is -0.469 e. The molecule has 2 bridgehead atoms. The molecular formula is C17H25NO2. The number of furan rings is 1. The lowest BCUT2D eigenvalue weighted by Crippen LogP contribution is -2.46. The highest BCUT2D eigenvalue weighted by atomic mass is 16.3. The van der Waals surface area contributed by atoms with Crippen molar-refractivity contribution in [2.45, 2.75) is 58.9 Å². The van der Waals surface area contributed by atoms with Gasteiger partial charge in [-0.2, -0.15) is 0 Å². The summed E-state index contributed by atoms with van der Waals surface area (Å²) >= 11 is 0. The van der Waals surface area contributed by atoms with Crippen LogP contribution in [-0.4, -0.2) is 11.9 Å². The quantitative estimate of drug-likeness (QED) is 0.913. The maximum atomic E-state index is 12.2. The maximum absolute atomic E-state index is 12.2. The average Bonchev–Trinajstić information content (AvgIpc) is 3.02. The van der Waals surface area contributed by atoms with Crippen LogP contribution >= 0.6 is 0 Å². The number of fused-ring (bicyclic) bond motifs is 2. The van der Waals surface area contributed by atoms with Crippen molar-refractivity contribution in [3.05, 3.63) is 24.2 Å². The summed E-state index contributed by atoms with van der Waals surface area (Å²) in [4.78, 5) is 12.2. The molecule has 2 saturated carbocycles. The molecule has 0 saturated heterocycles. The summed E-state index contributed by atoms with van der Waals surface area (Å²) in [6.07, 6.45) is 6.58. The number of hydrogen-bond acceptors (Lipinski definition) is 2. The zero-order valence-electron chi connectivity index (χ0n) is 12.7. The molecular weight excluding hydrogens is 250 g/mol. The van der Waals surface area contributed by atoms with Crippen LogP contribution < -0.4 is 5.32 Å². The summed E-state index contributed by atoms with van der Waals surface area (Å²) in [5.74, 6) is 1.82. The van der Waals surface area contributed by atoms with E-state index >= 15 is 0 Å². The van der Waals surface area contributed by atoms with E-state index in [0.717, 1.165) is 18.1 Å². The van der Waals surface area contributed by atoms with E-state index in [9.17, 15) is 4.79 Å². The Morgan fingerprint density at radius 1 is 1.45 bits per heavy atom. The molecule has 1 aromatic rings. The summed E-state index contributed by atoms with van der Waals surface area (Å²) in [5.41, 5.74) is 0.615. The molecule has 3 heteroatoms. The molecule has 2 aliphatic carbocycles. The van der Waals surface area contributed by atoms with Crippen molar-refractivity contribution in [1.29, 1.82) is 0 Å². The average molecular weight is 275 g/mol. The van der Waals surface area contributed by atoms with Crippen LogP contribution in [-0.2, 0) is 11.2 Å². The number of aryl methyl sites for hydroxylation is 1. The lowest BCUT2D eigenvalue weighted by molar-refractivity contribution is -0.122. The van der Waals surface area contributed by atoms with Gasteiger partial charge in [-0.1, -0.05) is 20.8 Å². The fourth-order valence-corrected chi connectivity index (χ4v) is 4.38. The molecule has 0 spiro atoms. The zero-order valence-corrected chi connectivity index (χ0v) is 12.7. The first-order chi connectivity index (χ1) is 9.43. The van der Waals surface area contributed by atoms with E-state index in [4.69, 9.17) is 4.42 Å². The van der Waals surface area contributed by atoms with Crippen LogP contribution in [0.3, 0.4) is 0 Å².